The average Bonchev–Trinajstić information content (AvgIpc) is 2.63. The van der Waals surface area contributed by atoms with Crippen molar-refractivity contribution in [1.29, 1.82) is 5.41 Å². The number of carbonyl (C=O) groups excluding carboxylic acids is 1. The molecule has 0 aliphatic heterocycles. The quantitative estimate of drug-likeness (QED) is 0.139. The highest BCUT2D eigenvalue weighted by Gasteiger charge is 2.26. The summed E-state index contributed by atoms with van der Waals surface area (Å²) in [5.41, 5.74) is 13.1. The first kappa shape index (κ1) is 22.9. The highest BCUT2D eigenvalue weighted by molar-refractivity contribution is 7.92. The molecule has 162 valence electrons. The van der Waals surface area contributed by atoms with E-state index in [1.807, 2.05) is 6.92 Å². The molecular formula is C18H24N6O5S. The van der Waals surface area contributed by atoms with E-state index in [1.165, 1.54) is 18.2 Å². The fraction of sp³-hybridized carbons (Fsp3) is 0.278. The molecule has 1 heterocycles. The number of carbonyl (C=O) groups is 1. The normalized spacial score (nSPS) is 12.2. The van der Waals surface area contributed by atoms with Crippen molar-refractivity contribution >= 4 is 27.6 Å². The van der Waals surface area contributed by atoms with Gasteiger partial charge >= 0.3 is 0 Å². The fourth-order valence-corrected chi connectivity index (χ4v) is 3.85. The van der Waals surface area contributed by atoms with E-state index in [4.69, 9.17) is 21.7 Å². The number of hydrogen-bond donors (Lipinski definition) is 6. The molecule has 0 saturated carbocycles. The van der Waals surface area contributed by atoms with Gasteiger partial charge in [0.15, 0.2) is 0 Å². The zero-order valence-electron chi connectivity index (χ0n) is 16.5. The number of benzene rings is 1. The fourth-order valence-electron chi connectivity index (χ4n) is 2.76. The molecule has 0 fully saturated rings. The number of pyridine rings is 1. The highest BCUT2D eigenvalue weighted by Crippen LogP contribution is 2.27. The molecule has 1 aromatic heterocycles. The molecule has 1 unspecified atom stereocenters. The van der Waals surface area contributed by atoms with Crippen molar-refractivity contribution in [2.75, 3.05) is 11.3 Å². The molecule has 0 saturated heterocycles. The molecule has 0 bridgehead atoms. The van der Waals surface area contributed by atoms with E-state index >= 15 is 0 Å². The van der Waals surface area contributed by atoms with Crippen LogP contribution < -0.4 is 27.2 Å². The average molecular weight is 436 g/mol. The largest absolute Gasteiger partial charge is 0.369 e. The summed E-state index contributed by atoms with van der Waals surface area (Å²) in [5, 5.41) is 7.04. The van der Waals surface area contributed by atoms with Gasteiger partial charge in [-0.3, -0.25) is 24.6 Å². The Kier molecular flexibility index (Phi) is 7.19. The van der Waals surface area contributed by atoms with Crippen LogP contribution in [-0.2, 0) is 19.7 Å². The van der Waals surface area contributed by atoms with Gasteiger partial charge in [0, 0.05) is 5.69 Å². The maximum absolute atomic E-state index is 12.8. The molecule has 8 N–H and O–H groups in total. The number of nitrogens with one attached hydrogen (secondary N) is 4. The third-order valence-electron chi connectivity index (χ3n) is 4.18. The van der Waals surface area contributed by atoms with Crippen molar-refractivity contribution in [3.8, 4) is 0 Å². The van der Waals surface area contributed by atoms with Crippen molar-refractivity contribution in [2.45, 2.75) is 31.1 Å². The number of primary amides is 1. The van der Waals surface area contributed by atoms with Crippen LogP contribution in [0.1, 0.15) is 29.2 Å². The van der Waals surface area contributed by atoms with Crippen LogP contribution in [-0.4, -0.2) is 31.9 Å². The third-order valence-corrected chi connectivity index (χ3v) is 5.54. The van der Waals surface area contributed by atoms with E-state index in [0.29, 0.717) is 5.69 Å². The van der Waals surface area contributed by atoms with Crippen molar-refractivity contribution in [2.24, 2.45) is 11.5 Å². The minimum atomic E-state index is -4.09. The number of nitrogens with two attached hydrogens (primary N) is 2. The van der Waals surface area contributed by atoms with Gasteiger partial charge in [-0.1, -0.05) is 17.7 Å². The van der Waals surface area contributed by atoms with Crippen LogP contribution in [0.2, 0.25) is 0 Å². The predicted octanol–water partition coefficient (Wildman–Crippen LogP) is 0.166. The lowest BCUT2D eigenvalue weighted by Crippen LogP contribution is -2.32. The van der Waals surface area contributed by atoms with Crippen LogP contribution in [0.15, 0.2) is 40.0 Å². The van der Waals surface area contributed by atoms with Gasteiger partial charge < -0.3 is 16.5 Å². The number of H-pyrrole nitrogens is 1. The van der Waals surface area contributed by atoms with Gasteiger partial charge in [-0.2, -0.15) is 0 Å². The summed E-state index contributed by atoms with van der Waals surface area (Å²) in [6.45, 7) is 3.32. The van der Waals surface area contributed by atoms with E-state index in [-0.39, 0.29) is 29.2 Å². The van der Waals surface area contributed by atoms with Crippen LogP contribution in [0.3, 0.4) is 0 Å². The van der Waals surface area contributed by atoms with Crippen LogP contribution in [0.25, 0.3) is 0 Å². The van der Waals surface area contributed by atoms with Gasteiger partial charge in [-0.15, -0.1) is 0 Å². The minimum absolute atomic E-state index is 0.0117. The van der Waals surface area contributed by atoms with E-state index in [9.17, 15) is 18.0 Å². The SMILES string of the molecule is Cc1ccc(S(=O)(=O)Nc2c(C(CCONC(=N)N)C(N)=O)cc(C)[nH]c2=O)cc1. The number of guanidine groups is 1. The van der Waals surface area contributed by atoms with Gasteiger partial charge in [-0.05, 0) is 44.0 Å². The number of amides is 1. The molecule has 0 aliphatic rings. The maximum atomic E-state index is 12.8. The summed E-state index contributed by atoms with van der Waals surface area (Å²) in [6, 6.07) is 7.54. The number of sulfonamides is 1. The zero-order chi connectivity index (χ0) is 22.5. The van der Waals surface area contributed by atoms with Gasteiger partial charge in [0.05, 0.1) is 17.4 Å². The Hall–Kier alpha value is -3.38. The van der Waals surface area contributed by atoms with Crippen molar-refractivity contribution in [1.82, 2.24) is 10.5 Å². The summed E-state index contributed by atoms with van der Waals surface area (Å²) < 4.78 is 27.8. The molecule has 11 nitrogen and oxygen atoms in total. The summed E-state index contributed by atoms with van der Waals surface area (Å²) >= 11 is 0. The molecule has 2 aromatic rings. The summed E-state index contributed by atoms with van der Waals surface area (Å²) in [5.74, 6) is -2.23. The van der Waals surface area contributed by atoms with Gasteiger partial charge in [-0.25, -0.2) is 13.9 Å². The lowest BCUT2D eigenvalue weighted by atomic mass is 9.94. The van der Waals surface area contributed by atoms with E-state index in [1.54, 1.807) is 19.1 Å². The zero-order valence-corrected chi connectivity index (χ0v) is 17.3. The predicted molar refractivity (Wildman–Crippen MR) is 111 cm³/mol. The molecule has 12 heteroatoms. The highest BCUT2D eigenvalue weighted by atomic mass is 32.2. The van der Waals surface area contributed by atoms with E-state index in [0.717, 1.165) is 5.56 Å². The number of aromatic nitrogens is 1. The minimum Gasteiger partial charge on any atom is -0.369 e. The second kappa shape index (κ2) is 9.41. The first-order valence-electron chi connectivity index (χ1n) is 8.85. The monoisotopic (exact) mass is 436 g/mol. The maximum Gasteiger partial charge on any atom is 0.272 e. The van der Waals surface area contributed by atoms with Crippen LogP contribution >= 0.6 is 0 Å². The molecule has 1 aromatic carbocycles. The number of rotatable bonds is 9. The number of hydroxylamine groups is 1. The van der Waals surface area contributed by atoms with Crippen LogP contribution in [0, 0.1) is 19.3 Å². The summed E-state index contributed by atoms with van der Waals surface area (Å²) in [4.78, 5) is 32.0. The Morgan fingerprint density at radius 2 is 1.87 bits per heavy atom. The second-order valence-electron chi connectivity index (χ2n) is 6.64. The second-order valence-corrected chi connectivity index (χ2v) is 8.32. The topological polar surface area (TPSA) is 193 Å². The third kappa shape index (κ3) is 5.81. The molecule has 1 atom stereocenters. The van der Waals surface area contributed by atoms with E-state index in [2.05, 4.69) is 15.2 Å². The van der Waals surface area contributed by atoms with Crippen LogP contribution in [0.4, 0.5) is 5.69 Å². The molecule has 1 amide bonds. The standard InChI is InChI=1S/C18H24N6O5S/c1-10-3-5-12(6-4-10)30(27,28)24-15-14(9-11(2)22-17(15)26)13(16(19)25)7-8-29-23-18(20)21/h3-6,9,13,24H,7-8H2,1-2H3,(H2,19,25)(H,22,26)(H4,20,21,23). The number of anilines is 1. The first-order chi connectivity index (χ1) is 14.0. The number of aromatic amines is 1. The molecule has 0 aliphatic carbocycles. The summed E-state index contributed by atoms with van der Waals surface area (Å²) in [6.07, 6.45) is 0.0117. The lowest BCUT2D eigenvalue weighted by Gasteiger charge is -2.19. The van der Waals surface area contributed by atoms with Gasteiger partial charge in [0.1, 0.15) is 5.69 Å². The molecule has 0 radical (unpaired) electrons. The molecule has 0 spiro atoms. The lowest BCUT2D eigenvalue weighted by molar-refractivity contribution is -0.120. The Morgan fingerprint density at radius 3 is 2.43 bits per heavy atom. The molecular weight excluding hydrogens is 412 g/mol. The summed E-state index contributed by atoms with van der Waals surface area (Å²) in [7, 11) is -4.09. The van der Waals surface area contributed by atoms with Crippen LogP contribution in [0.5, 0.6) is 0 Å². The molecule has 30 heavy (non-hydrogen) atoms. The van der Waals surface area contributed by atoms with Crippen molar-refractivity contribution in [3.63, 3.8) is 0 Å². The smallest absolute Gasteiger partial charge is 0.272 e. The van der Waals surface area contributed by atoms with Crippen molar-refractivity contribution < 1.29 is 18.0 Å². The van der Waals surface area contributed by atoms with E-state index < -0.39 is 33.4 Å². The Balaban J connectivity index is 2.42. The number of hydrogen-bond acceptors (Lipinski definition) is 6. The first-order valence-corrected chi connectivity index (χ1v) is 10.3. The van der Waals surface area contributed by atoms with Gasteiger partial charge in [0.2, 0.25) is 11.9 Å². The number of aryl methyl sites for hydroxylation is 2. The molecule has 2 rings (SSSR count). The Labute approximate surface area is 173 Å². The Bertz CT molecular complexity index is 1100. The van der Waals surface area contributed by atoms with Gasteiger partial charge in [0.25, 0.3) is 15.6 Å². The van der Waals surface area contributed by atoms with Crippen molar-refractivity contribution in [3.05, 3.63) is 57.5 Å². The Morgan fingerprint density at radius 1 is 1.23 bits per heavy atom.